The van der Waals surface area contributed by atoms with Gasteiger partial charge in [-0.2, -0.15) is 0 Å². The van der Waals surface area contributed by atoms with E-state index < -0.39 is 5.97 Å². The zero-order valence-electron chi connectivity index (χ0n) is 15.3. The minimum Gasteiger partial charge on any atom is -0.481 e. The molecule has 0 aromatic heterocycles. The lowest BCUT2D eigenvalue weighted by Crippen LogP contribution is -2.29. The fourth-order valence-electron chi connectivity index (χ4n) is 2.91. The standard InChI is InChI=1S/C10H17NO3.C8H15NO2/c12-9-5-4-8-11(9)7-3-1-2-6-10(13)14;1-7(10)5-9-6-8-3-2-4-11-8/h1-8H2,(H,13,14);8-9H,2-6H2,1H3. The third kappa shape index (κ3) is 10.9. The molecule has 0 aromatic rings. The monoisotopic (exact) mass is 356 g/mol. The SMILES string of the molecule is CC(=O)CNCC1CCCO1.O=C(O)CCCCCN1CCCC1=O. The van der Waals surface area contributed by atoms with Gasteiger partial charge in [0, 0.05) is 39.1 Å². The molecule has 1 amide bonds. The average Bonchev–Trinajstić information content (AvgIpc) is 3.19. The van der Waals surface area contributed by atoms with Gasteiger partial charge in [-0.15, -0.1) is 0 Å². The Morgan fingerprint density at radius 3 is 2.64 bits per heavy atom. The van der Waals surface area contributed by atoms with Crippen LogP contribution in [0.1, 0.15) is 58.3 Å². The molecule has 0 spiro atoms. The van der Waals surface area contributed by atoms with Crippen LogP contribution in [0.25, 0.3) is 0 Å². The summed E-state index contributed by atoms with van der Waals surface area (Å²) >= 11 is 0. The molecule has 1 unspecified atom stereocenters. The van der Waals surface area contributed by atoms with Crippen molar-refractivity contribution < 1.29 is 24.2 Å². The van der Waals surface area contributed by atoms with E-state index >= 15 is 0 Å². The minimum absolute atomic E-state index is 0.183. The summed E-state index contributed by atoms with van der Waals surface area (Å²) in [6.07, 6.45) is 7.09. The quantitative estimate of drug-likeness (QED) is 0.577. The van der Waals surface area contributed by atoms with Gasteiger partial charge in [0.2, 0.25) is 5.91 Å². The van der Waals surface area contributed by atoms with Crippen molar-refractivity contribution in [1.29, 1.82) is 0 Å². The van der Waals surface area contributed by atoms with Crippen LogP contribution in [0.2, 0.25) is 0 Å². The summed E-state index contributed by atoms with van der Waals surface area (Å²) < 4.78 is 5.36. The molecule has 0 aliphatic carbocycles. The summed E-state index contributed by atoms with van der Waals surface area (Å²) in [6.45, 7) is 5.45. The number of amides is 1. The van der Waals surface area contributed by atoms with Gasteiger partial charge in [0.1, 0.15) is 5.78 Å². The Hall–Kier alpha value is -1.47. The topological polar surface area (TPSA) is 95.9 Å². The molecule has 0 radical (unpaired) electrons. The highest BCUT2D eigenvalue weighted by Gasteiger charge is 2.18. The molecule has 1 atom stereocenters. The molecule has 2 heterocycles. The number of hydrogen-bond acceptors (Lipinski definition) is 5. The summed E-state index contributed by atoms with van der Waals surface area (Å²) in [4.78, 5) is 33.8. The minimum atomic E-state index is -0.734. The first-order chi connectivity index (χ1) is 12.0. The summed E-state index contributed by atoms with van der Waals surface area (Å²) in [5.41, 5.74) is 0. The molecular weight excluding hydrogens is 324 g/mol. The zero-order chi connectivity index (χ0) is 18.5. The third-order valence-electron chi connectivity index (χ3n) is 4.26. The highest BCUT2D eigenvalue weighted by molar-refractivity contribution is 5.78. The van der Waals surface area contributed by atoms with Gasteiger partial charge in [0.15, 0.2) is 0 Å². The Kier molecular flexibility index (Phi) is 11.1. The molecular formula is C18H32N2O5. The molecule has 0 saturated carbocycles. The Bertz CT molecular complexity index is 422. The smallest absolute Gasteiger partial charge is 0.303 e. The highest BCUT2D eigenvalue weighted by Crippen LogP contribution is 2.11. The fraction of sp³-hybridized carbons (Fsp3) is 0.833. The maximum absolute atomic E-state index is 11.2. The first-order valence-corrected chi connectivity index (χ1v) is 9.30. The van der Waals surface area contributed by atoms with Gasteiger partial charge in [-0.25, -0.2) is 0 Å². The third-order valence-corrected chi connectivity index (χ3v) is 4.26. The number of carbonyl (C=O) groups excluding carboxylic acids is 2. The predicted molar refractivity (Wildman–Crippen MR) is 94.4 cm³/mol. The number of unbranched alkanes of at least 4 members (excludes halogenated alkanes) is 2. The van der Waals surface area contributed by atoms with Crippen molar-refractivity contribution in [2.75, 3.05) is 32.8 Å². The van der Waals surface area contributed by atoms with Gasteiger partial charge in [0.25, 0.3) is 0 Å². The fourth-order valence-corrected chi connectivity index (χ4v) is 2.91. The largest absolute Gasteiger partial charge is 0.481 e. The van der Waals surface area contributed by atoms with E-state index in [9.17, 15) is 14.4 Å². The number of aliphatic carboxylic acids is 1. The molecule has 0 aromatic carbocycles. The number of carboxylic acid groups (broad SMARTS) is 1. The van der Waals surface area contributed by atoms with E-state index in [1.165, 1.54) is 0 Å². The average molecular weight is 356 g/mol. The number of nitrogens with one attached hydrogen (secondary N) is 1. The molecule has 7 nitrogen and oxygen atoms in total. The first-order valence-electron chi connectivity index (χ1n) is 9.30. The van der Waals surface area contributed by atoms with Gasteiger partial charge in [-0.3, -0.25) is 14.4 Å². The van der Waals surface area contributed by atoms with Crippen molar-refractivity contribution in [2.45, 2.75) is 64.4 Å². The van der Waals surface area contributed by atoms with Crippen LogP contribution in [0.4, 0.5) is 0 Å². The van der Waals surface area contributed by atoms with E-state index in [1.807, 2.05) is 4.90 Å². The summed E-state index contributed by atoms with van der Waals surface area (Å²) in [7, 11) is 0. The molecule has 2 fully saturated rings. The van der Waals surface area contributed by atoms with Crippen LogP contribution >= 0.6 is 0 Å². The van der Waals surface area contributed by atoms with E-state index in [2.05, 4.69) is 5.32 Å². The molecule has 7 heteroatoms. The lowest BCUT2D eigenvalue weighted by molar-refractivity contribution is -0.137. The van der Waals surface area contributed by atoms with Crippen molar-refractivity contribution in [3.63, 3.8) is 0 Å². The number of ketones is 1. The molecule has 2 aliphatic rings. The van der Waals surface area contributed by atoms with Gasteiger partial charge >= 0.3 is 5.97 Å². The Morgan fingerprint density at radius 2 is 2.08 bits per heavy atom. The van der Waals surface area contributed by atoms with Gasteiger partial charge < -0.3 is 20.1 Å². The highest BCUT2D eigenvalue weighted by atomic mass is 16.5. The number of carbonyl (C=O) groups is 3. The molecule has 144 valence electrons. The van der Waals surface area contributed by atoms with Crippen LogP contribution in [0, 0.1) is 0 Å². The van der Waals surface area contributed by atoms with Crippen LogP contribution in [0.3, 0.4) is 0 Å². The number of ether oxygens (including phenoxy) is 1. The maximum atomic E-state index is 11.2. The Labute approximate surface area is 150 Å². The predicted octanol–water partition coefficient (Wildman–Crippen LogP) is 1.60. The Balaban J connectivity index is 0.000000257. The number of rotatable bonds is 10. The molecule has 25 heavy (non-hydrogen) atoms. The first kappa shape index (κ1) is 21.6. The van der Waals surface area contributed by atoms with Gasteiger partial charge in [-0.05, 0) is 39.0 Å². The van der Waals surface area contributed by atoms with Crippen molar-refractivity contribution in [3.05, 3.63) is 0 Å². The molecule has 2 saturated heterocycles. The van der Waals surface area contributed by atoms with E-state index in [-0.39, 0.29) is 18.1 Å². The van der Waals surface area contributed by atoms with Crippen molar-refractivity contribution in [1.82, 2.24) is 10.2 Å². The second-order valence-corrected chi connectivity index (χ2v) is 6.66. The van der Waals surface area contributed by atoms with Crippen LogP contribution in [0.5, 0.6) is 0 Å². The summed E-state index contributed by atoms with van der Waals surface area (Å²) in [6, 6.07) is 0. The van der Waals surface area contributed by atoms with Gasteiger partial charge in [0.05, 0.1) is 12.6 Å². The van der Waals surface area contributed by atoms with E-state index in [4.69, 9.17) is 9.84 Å². The number of Topliss-reactive ketones (excluding diaryl/α,β-unsaturated/α-hetero) is 1. The van der Waals surface area contributed by atoms with Crippen molar-refractivity contribution in [3.8, 4) is 0 Å². The van der Waals surface area contributed by atoms with E-state index in [1.54, 1.807) is 6.92 Å². The van der Waals surface area contributed by atoms with E-state index in [0.717, 1.165) is 64.8 Å². The van der Waals surface area contributed by atoms with Crippen LogP contribution < -0.4 is 5.32 Å². The van der Waals surface area contributed by atoms with Crippen LogP contribution in [-0.2, 0) is 19.1 Å². The van der Waals surface area contributed by atoms with Crippen LogP contribution in [0.15, 0.2) is 0 Å². The molecule has 2 N–H and O–H groups in total. The van der Waals surface area contributed by atoms with Crippen molar-refractivity contribution >= 4 is 17.7 Å². The summed E-state index contributed by atoms with van der Waals surface area (Å²) in [5, 5.41) is 11.5. The molecule has 2 rings (SSSR count). The lowest BCUT2D eigenvalue weighted by atomic mass is 10.2. The molecule has 2 aliphatic heterocycles. The lowest BCUT2D eigenvalue weighted by Gasteiger charge is -2.14. The second-order valence-electron chi connectivity index (χ2n) is 6.66. The Morgan fingerprint density at radius 1 is 1.28 bits per heavy atom. The maximum Gasteiger partial charge on any atom is 0.303 e. The normalized spacial score (nSPS) is 19.6. The van der Waals surface area contributed by atoms with Crippen molar-refractivity contribution in [2.24, 2.45) is 0 Å². The van der Waals surface area contributed by atoms with Crippen LogP contribution in [-0.4, -0.2) is 66.6 Å². The number of carboxylic acids is 1. The van der Waals surface area contributed by atoms with E-state index in [0.29, 0.717) is 19.1 Å². The zero-order valence-corrected chi connectivity index (χ0v) is 15.3. The number of likely N-dealkylation sites (tertiary alicyclic amines) is 1. The molecule has 0 bridgehead atoms. The second kappa shape index (κ2) is 12.8. The van der Waals surface area contributed by atoms with Gasteiger partial charge in [-0.1, -0.05) is 6.42 Å². The number of hydrogen-bond donors (Lipinski definition) is 2. The number of nitrogens with zero attached hydrogens (tertiary/aromatic N) is 1. The summed E-state index contributed by atoms with van der Waals surface area (Å²) in [5.74, 6) is -0.298.